The fourth-order valence-electron chi connectivity index (χ4n) is 3.76. The van der Waals surface area contributed by atoms with Gasteiger partial charge in [-0.2, -0.15) is 4.98 Å². The molecule has 1 saturated heterocycles. The summed E-state index contributed by atoms with van der Waals surface area (Å²) in [4.78, 5) is 18.9. The number of aromatic nitrogens is 2. The Balaban J connectivity index is 1.22. The number of piperidine rings is 1. The second kappa shape index (κ2) is 10.7. The summed E-state index contributed by atoms with van der Waals surface area (Å²) in [6, 6.07) is 15.9. The van der Waals surface area contributed by atoms with E-state index in [1.807, 2.05) is 23.1 Å². The Morgan fingerprint density at radius 3 is 2.78 bits per heavy atom. The van der Waals surface area contributed by atoms with Gasteiger partial charge in [-0.3, -0.25) is 0 Å². The Morgan fingerprint density at radius 1 is 1.16 bits per heavy atom. The maximum atomic E-state index is 12.9. The smallest absolute Gasteiger partial charge is 0.317 e. The standard InChI is InChI=1S/C24H27FN4O3/c25-20-8-10-21(11-9-20)31-16-13-22-27-23(32-28-22)19-7-4-15-29(17-19)24(30)26-14-12-18-5-2-1-3-6-18/h1-3,5-6,8-11,19H,4,7,12-17H2,(H,26,30). The van der Waals surface area contributed by atoms with Crippen molar-refractivity contribution in [2.75, 3.05) is 26.2 Å². The van der Waals surface area contributed by atoms with Crippen LogP contribution in [0.15, 0.2) is 59.1 Å². The van der Waals surface area contributed by atoms with Crippen LogP contribution in [-0.2, 0) is 12.8 Å². The second-order valence-electron chi connectivity index (χ2n) is 7.85. The van der Waals surface area contributed by atoms with Gasteiger partial charge in [0.2, 0.25) is 5.89 Å². The minimum absolute atomic E-state index is 0.0305. The number of hydrogen-bond donors (Lipinski definition) is 1. The lowest BCUT2D eigenvalue weighted by atomic mass is 9.98. The summed E-state index contributed by atoms with van der Waals surface area (Å²) in [5, 5.41) is 7.05. The highest BCUT2D eigenvalue weighted by atomic mass is 19.1. The fraction of sp³-hybridized carbons (Fsp3) is 0.375. The van der Waals surface area contributed by atoms with Crippen LogP contribution >= 0.6 is 0 Å². The number of hydrogen-bond acceptors (Lipinski definition) is 5. The van der Waals surface area contributed by atoms with Gasteiger partial charge in [0.05, 0.1) is 12.5 Å². The zero-order chi connectivity index (χ0) is 22.2. The van der Waals surface area contributed by atoms with E-state index >= 15 is 0 Å². The van der Waals surface area contributed by atoms with Crippen LogP contribution in [0.2, 0.25) is 0 Å². The van der Waals surface area contributed by atoms with Crippen LogP contribution in [0.4, 0.5) is 9.18 Å². The first-order valence-corrected chi connectivity index (χ1v) is 10.9. The molecule has 2 aromatic carbocycles. The average Bonchev–Trinajstić information content (AvgIpc) is 3.30. The fourth-order valence-corrected chi connectivity index (χ4v) is 3.76. The van der Waals surface area contributed by atoms with Gasteiger partial charge in [-0.1, -0.05) is 35.5 Å². The van der Waals surface area contributed by atoms with Crippen molar-refractivity contribution >= 4 is 6.03 Å². The molecule has 2 heterocycles. The zero-order valence-electron chi connectivity index (χ0n) is 17.9. The first-order valence-electron chi connectivity index (χ1n) is 10.9. The molecule has 1 aliphatic heterocycles. The molecule has 0 radical (unpaired) electrons. The van der Waals surface area contributed by atoms with Crippen molar-refractivity contribution in [1.82, 2.24) is 20.4 Å². The van der Waals surface area contributed by atoms with Crippen molar-refractivity contribution in [3.63, 3.8) is 0 Å². The van der Waals surface area contributed by atoms with E-state index in [0.717, 1.165) is 25.8 Å². The van der Waals surface area contributed by atoms with Gasteiger partial charge in [-0.15, -0.1) is 0 Å². The molecule has 0 bridgehead atoms. The van der Waals surface area contributed by atoms with Crippen molar-refractivity contribution in [2.45, 2.75) is 31.6 Å². The third kappa shape index (κ3) is 6.06. The molecular weight excluding hydrogens is 411 g/mol. The average molecular weight is 439 g/mol. The third-order valence-electron chi connectivity index (χ3n) is 5.48. The summed E-state index contributed by atoms with van der Waals surface area (Å²) in [7, 11) is 0. The van der Waals surface area contributed by atoms with E-state index < -0.39 is 0 Å². The zero-order valence-corrected chi connectivity index (χ0v) is 17.9. The molecule has 1 aromatic heterocycles. The number of likely N-dealkylation sites (tertiary alicyclic amines) is 1. The lowest BCUT2D eigenvalue weighted by Crippen LogP contribution is -2.45. The quantitative estimate of drug-likeness (QED) is 0.576. The van der Waals surface area contributed by atoms with E-state index in [-0.39, 0.29) is 17.8 Å². The SMILES string of the molecule is O=C(NCCc1ccccc1)N1CCCC(c2nc(CCOc3ccc(F)cc3)no2)C1. The van der Waals surface area contributed by atoms with Gasteiger partial charge in [0.25, 0.3) is 0 Å². The van der Waals surface area contributed by atoms with E-state index in [2.05, 4.69) is 27.6 Å². The van der Waals surface area contributed by atoms with E-state index in [1.54, 1.807) is 12.1 Å². The largest absolute Gasteiger partial charge is 0.493 e. The van der Waals surface area contributed by atoms with Crippen LogP contribution in [0, 0.1) is 5.82 Å². The van der Waals surface area contributed by atoms with Gasteiger partial charge in [-0.05, 0) is 49.1 Å². The molecule has 8 heteroatoms. The van der Waals surface area contributed by atoms with Gasteiger partial charge >= 0.3 is 6.03 Å². The van der Waals surface area contributed by atoms with Gasteiger partial charge in [-0.25, -0.2) is 9.18 Å². The maximum absolute atomic E-state index is 12.9. The number of rotatable bonds is 8. The Labute approximate surface area is 186 Å². The molecule has 7 nitrogen and oxygen atoms in total. The Hall–Kier alpha value is -3.42. The van der Waals surface area contributed by atoms with Crippen molar-refractivity contribution in [3.05, 3.63) is 77.7 Å². The number of nitrogens with one attached hydrogen (secondary N) is 1. The van der Waals surface area contributed by atoms with Crippen LogP contribution in [0.1, 0.15) is 36.0 Å². The molecular formula is C24H27FN4O3. The predicted octanol–water partition coefficient (Wildman–Crippen LogP) is 3.96. The number of urea groups is 1. The summed E-state index contributed by atoms with van der Waals surface area (Å²) in [5.41, 5.74) is 1.20. The lowest BCUT2D eigenvalue weighted by molar-refractivity contribution is 0.172. The number of carbonyl (C=O) groups excluding carboxylic acids is 1. The summed E-state index contributed by atoms with van der Waals surface area (Å²) in [6.45, 7) is 2.25. The monoisotopic (exact) mass is 438 g/mol. The molecule has 0 aliphatic carbocycles. The Morgan fingerprint density at radius 2 is 1.97 bits per heavy atom. The molecule has 1 N–H and O–H groups in total. The van der Waals surface area contributed by atoms with Crippen LogP contribution in [0.3, 0.4) is 0 Å². The van der Waals surface area contributed by atoms with Crippen LogP contribution in [0.5, 0.6) is 5.75 Å². The Bertz CT molecular complexity index is 994. The summed E-state index contributed by atoms with van der Waals surface area (Å²) in [6.07, 6.45) is 3.08. The molecule has 4 rings (SSSR count). The highest BCUT2D eigenvalue weighted by Crippen LogP contribution is 2.25. The van der Waals surface area contributed by atoms with Gasteiger partial charge in [0.15, 0.2) is 5.82 Å². The van der Waals surface area contributed by atoms with Crippen molar-refractivity contribution in [2.24, 2.45) is 0 Å². The van der Waals surface area contributed by atoms with Crippen molar-refractivity contribution in [3.8, 4) is 5.75 Å². The highest BCUT2D eigenvalue weighted by Gasteiger charge is 2.28. The molecule has 1 unspecified atom stereocenters. The van der Waals surface area contributed by atoms with Crippen molar-refractivity contribution < 1.29 is 18.4 Å². The molecule has 2 amide bonds. The number of carbonyl (C=O) groups is 1. The molecule has 1 atom stereocenters. The molecule has 0 saturated carbocycles. The second-order valence-corrected chi connectivity index (χ2v) is 7.85. The van der Waals surface area contributed by atoms with Crippen molar-refractivity contribution in [1.29, 1.82) is 0 Å². The van der Waals surface area contributed by atoms with Gasteiger partial charge in [0.1, 0.15) is 11.6 Å². The van der Waals surface area contributed by atoms with E-state index in [9.17, 15) is 9.18 Å². The summed E-state index contributed by atoms with van der Waals surface area (Å²) >= 11 is 0. The van der Waals surface area contributed by atoms with Gasteiger partial charge < -0.3 is 19.5 Å². The maximum Gasteiger partial charge on any atom is 0.317 e. The molecule has 3 aromatic rings. The normalized spacial score (nSPS) is 16.0. The number of amides is 2. The van der Waals surface area contributed by atoms with Gasteiger partial charge in [0, 0.05) is 26.1 Å². The van der Waals surface area contributed by atoms with Crippen LogP contribution in [-0.4, -0.2) is 47.3 Å². The van der Waals surface area contributed by atoms with E-state index in [1.165, 1.54) is 17.7 Å². The topological polar surface area (TPSA) is 80.5 Å². The first-order chi connectivity index (χ1) is 15.7. The van der Waals surface area contributed by atoms with Crippen LogP contribution < -0.4 is 10.1 Å². The van der Waals surface area contributed by atoms with Crippen LogP contribution in [0.25, 0.3) is 0 Å². The molecule has 0 spiro atoms. The number of benzene rings is 2. The number of nitrogens with zero attached hydrogens (tertiary/aromatic N) is 3. The molecule has 32 heavy (non-hydrogen) atoms. The molecule has 1 aliphatic rings. The minimum atomic E-state index is -0.299. The summed E-state index contributed by atoms with van der Waals surface area (Å²) in [5.74, 6) is 1.45. The number of ether oxygens (including phenoxy) is 1. The minimum Gasteiger partial charge on any atom is -0.493 e. The molecule has 168 valence electrons. The number of halogens is 1. The van der Waals surface area contributed by atoms with E-state index in [4.69, 9.17) is 9.26 Å². The van der Waals surface area contributed by atoms with E-state index in [0.29, 0.717) is 43.6 Å². The third-order valence-corrected chi connectivity index (χ3v) is 5.48. The first kappa shape index (κ1) is 21.8. The highest BCUT2D eigenvalue weighted by molar-refractivity contribution is 5.74. The summed E-state index contributed by atoms with van der Waals surface area (Å²) < 4.78 is 24.0. The Kier molecular flexibility index (Phi) is 7.32. The predicted molar refractivity (Wildman–Crippen MR) is 117 cm³/mol. The molecule has 1 fully saturated rings. The lowest BCUT2D eigenvalue weighted by Gasteiger charge is -2.31.